The molecule has 0 bridgehead atoms. The first-order chi connectivity index (χ1) is 9.60. The summed E-state index contributed by atoms with van der Waals surface area (Å²) in [6.07, 6.45) is 0.619. The fraction of sp³-hybridized carbons (Fsp3) is 0.929. The van der Waals surface area contributed by atoms with Gasteiger partial charge >= 0.3 is 0 Å². The lowest BCUT2D eigenvalue weighted by atomic mass is 10.1. The highest BCUT2D eigenvalue weighted by Gasteiger charge is 2.29. The van der Waals surface area contributed by atoms with Crippen LogP contribution in [0, 0.1) is 0 Å². The van der Waals surface area contributed by atoms with Crippen LogP contribution in [0.2, 0.25) is 0 Å². The van der Waals surface area contributed by atoms with Gasteiger partial charge in [0.05, 0.1) is 0 Å². The molecule has 1 heterocycles. The van der Waals surface area contributed by atoms with Gasteiger partial charge in [-0.1, -0.05) is 0 Å². The number of carbonyl (C=O) groups is 1. The molecule has 0 spiro atoms. The van der Waals surface area contributed by atoms with E-state index in [0.29, 0.717) is 19.8 Å². The summed E-state index contributed by atoms with van der Waals surface area (Å²) in [5.41, 5.74) is 0. The summed E-state index contributed by atoms with van der Waals surface area (Å²) < 4.78 is 11.1. The number of piperazine rings is 1. The molecule has 0 aliphatic carbocycles. The number of hydrogen-bond acceptors (Lipinski definition) is 5. The third kappa shape index (κ3) is 5.36. The van der Waals surface area contributed by atoms with Crippen LogP contribution in [0.4, 0.5) is 0 Å². The Hall–Kier alpha value is -0.690. The second-order valence-corrected chi connectivity index (χ2v) is 5.12. The van der Waals surface area contributed by atoms with Gasteiger partial charge in [-0.2, -0.15) is 0 Å². The molecule has 0 aromatic rings. The molecule has 1 fully saturated rings. The van der Waals surface area contributed by atoms with Gasteiger partial charge in [-0.25, -0.2) is 0 Å². The normalized spacial score (nSPS) is 20.4. The predicted molar refractivity (Wildman–Crippen MR) is 78.6 cm³/mol. The molecule has 0 radical (unpaired) electrons. The Morgan fingerprint density at radius 3 is 2.55 bits per heavy atom. The highest BCUT2D eigenvalue weighted by molar-refractivity contribution is 5.81. The van der Waals surface area contributed by atoms with Crippen LogP contribution in [0.25, 0.3) is 0 Å². The Kier molecular flexibility index (Phi) is 8.06. The quantitative estimate of drug-likeness (QED) is 0.644. The molecule has 118 valence electrons. The minimum Gasteiger partial charge on any atom is -0.353 e. The van der Waals surface area contributed by atoms with Gasteiger partial charge in [0, 0.05) is 59.9 Å². The number of amides is 1. The zero-order chi connectivity index (χ0) is 15.0. The maximum Gasteiger partial charge on any atom is 0.240 e. The van der Waals surface area contributed by atoms with E-state index in [9.17, 15) is 4.79 Å². The van der Waals surface area contributed by atoms with Crippen molar-refractivity contribution in [3.63, 3.8) is 0 Å². The van der Waals surface area contributed by atoms with Crippen LogP contribution in [0.3, 0.4) is 0 Å². The van der Waals surface area contributed by atoms with Crippen molar-refractivity contribution >= 4 is 5.91 Å². The molecule has 1 aliphatic heterocycles. The molecular formula is C14H29N3O3. The summed E-state index contributed by atoms with van der Waals surface area (Å²) >= 11 is 0. The number of nitrogens with zero attached hydrogens (tertiary/aromatic N) is 2. The van der Waals surface area contributed by atoms with Crippen LogP contribution in [-0.2, 0) is 14.3 Å². The van der Waals surface area contributed by atoms with Gasteiger partial charge in [0.25, 0.3) is 0 Å². The first-order valence-electron chi connectivity index (χ1n) is 7.49. The third-order valence-corrected chi connectivity index (χ3v) is 3.44. The zero-order valence-corrected chi connectivity index (χ0v) is 13.2. The van der Waals surface area contributed by atoms with E-state index in [2.05, 4.69) is 10.2 Å². The minimum absolute atomic E-state index is 0.0809. The average molecular weight is 287 g/mol. The molecule has 1 unspecified atom stereocenters. The summed E-state index contributed by atoms with van der Waals surface area (Å²) in [5.74, 6) is 0.154. The van der Waals surface area contributed by atoms with Gasteiger partial charge in [0.15, 0.2) is 6.29 Å². The molecule has 1 rings (SSSR count). The summed E-state index contributed by atoms with van der Waals surface area (Å²) in [4.78, 5) is 16.1. The first kappa shape index (κ1) is 17.4. The topological polar surface area (TPSA) is 54.0 Å². The van der Waals surface area contributed by atoms with E-state index in [1.165, 1.54) is 0 Å². The van der Waals surface area contributed by atoms with E-state index in [4.69, 9.17) is 9.47 Å². The van der Waals surface area contributed by atoms with Gasteiger partial charge in [-0.05, 0) is 13.8 Å². The van der Waals surface area contributed by atoms with Crippen LogP contribution in [0.5, 0.6) is 0 Å². The summed E-state index contributed by atoms with van der Waals surface area (Å²) in [5, 5.41) is 3.29. The fourth-order valence-corrected chi connectivity index (χ4v) is 2.41. The average Bonchev–Trinajstić information content (AvgIpc) is 2.44. The lowest BCUT2D eigenvalue weighted by Gasteiger charge is -2.37. The van der Waals surface area contributed by atoms with Crippen LogP contribution in [0.15, 0.2) is 0 Å². The number of nitrogens with one attached hydrogen (secondary N) is 1. The third-order valence-electron chi connectivity index (χ3n) is 3.44. The van der Waals surface area contributed by atoms with Crippen LogP contribution >= 0.6 is 0 Å². The number of ether oxygens (including phenoxy) is 2. The second-order valence-electron chi connectivity index (χ2n) is 5.12. The zero-order valence-electron chi connectivity index (χ0n) is 13.2. The Morgan fingerprint density at radius 2 is 2.00 bits per heavy atom. The number of hydrogen-bond donors (Lipinski definition) is 1. The van der Waals surface area contributed by atoms with Crippen molar-refractivity contribution in [1.29, 1.82) is 0 Å². The predicted octanol–water partition coefficient (Wildman–Crippen LogP) is 0.138. The maximum atomic E-state index is 12.2. The molecule has 0 aromatic heterocycles. The SMILES string of the molecule is CCOC(CCN1CCNCC1C(=O)N(C)C)OCC. The van der Waals surface area contributed by atoms with Crippen molar-refractivity contribution in [3.05, 3.63) is 0 Å². The molecule has 1 N–H and O–H groups in total. The second kappa shape index (κ2) is 9.28. The van der Waals surface area contributed by atoms with Crippen molar-refractivity contribution in [3.8, 4) is 0 Å². The smallest absolute Gasteiger partial charge is 0.240 e. The lowest BCUT2D eigenvalue weighted by molar-refractivity contribution is -0.146. The Balaban J connectivity index is 2.51. The minimum atomic E-state index is -0.171. The van der Waals surface area contributed by atoms with E-state index in [1.807, 2.05) is 13.8 Å². The number of carbonyl (C=O) groups excluding carboxylic acids is 1. The van der Waals surface area contributed by atoms with Crippen molar-refractivity contribution in [1.82, 2.24) is 15.1 Å². The van der Waals surface area contributed by atoms with Gasteiger partial charge in [-0.3, -0.25) is 9.69 Å². The molecule has 6 heteroatoms. The Labute approximate surface area is 122 Å². The van der Waals surface area contributed by atoms with Crippen LogP contribution in [0.1, 0.15) is 20.3 Å². The van der Waals surface area contributed by atoms with Gasteiger partial charge in [0.2, 0.25) is 5.91 Å². The molecule has 1 saturated heterocycles. The van der Waals surface area contributed by atoms with Gasteiger partial charge in [0.1, 0.15) is 6.04 Å². The highest BCUT2D eigenvalue weighted by atomic mass is 16.7. The Morgan fingerprint density at radius 1 is 1.35 bits per heavy atom. The van der Waals surface area contributed by atoms with Crippen LogP contribution in [-0.4, -0.2) is 81.5 Å². The number of rotatable bonds is 8. The molecule has 20 heavy (non-hydrogen) atoms. The summed E-state index contributed by atoms with van der Waals surface area (Å²) in [6, 6.07) is -0.0809. The fourth-order valence-electron chi connectivity index (χ4n) is 2.41. The molecule has 6 nitrogen and oxygen atoms in total. The van der Waals surface area contributed by atoms with E-state index >= 15 is 0 Å². The highest BCUT2D eigenvalue weighted by Crippen LogP contribution is 2.10. The molecule has 0 aromatic carbocycles. The standard InChI is InChI=1S/C14H29N3O3/c1-5-19-13(20-6-2)7-9-17-10-8-15-11-12(17)14(18)16(3)4/h12-13,15H,5-11H2,1-4H3. The van der Waals surface area contributed by atoms with Gasteiger partial charge < -0.3 is 19.7 Å². The largest absolute Gasteiger partial charge is 0.353 e. The molecular weight excluding hydrogens is 258 g/mol. The first-order valence-corrected chi connectivity index (χ1v) is 7.49. The van der Waals surface area contributed by atoms with Crippen molar-refractivity contribution < 1.29 is 14.3 Å². The molecule has 1 amide bonds. The summed E-state index contributed by atoms with van der Waals surface area (Å²) in [6.45, 7) is 8.56. The van der Waals surface area contributed by atoms with Crippen molar-refractivity contribution in [2.45, 2.75) is 32.6 Å². The monoisotopic (exact) mass is 287 g/mol. The summed E-state index contributed by atoms with van der Waals surface area (Å²) in [7, 11) is 3.61. The van der Waals surface area contributed by atoms with E-state index < -0.39 is 0 Å². The number of likely N-dealkylation sites (N-methyl/N-ethyl adjacent to an activating group) is 1. The van der Waals surface area contributed by atoms with Crippen LogP contribution < -0.4 is 5.32 Å². The van der Waals surface area contributed by atoms with E-state index in [1.54, 1.807) is 19.0 Å². The van der Waals surface area contributed by atoms with E-state index in [0.717, 1.165) is 26.1 Å². The molecule has 0 saturated carbocycles. The van der Waals surface area contributed by atoms with Gasteiger partial charge in [-0.15, -0.1) is 0 Å². The molecule has 1 aliphatic rings. The van der Waals surface area contributed by atoms with Crippen molar-refractivity contribution in [2.24, 2.45) is 0 Å². The van der Waals surface area contributed by atoms with E-state index in [-0.39, 0.29) is 18.2 Å². The Bertz CT molecular complexity index is 281. The maximum absolute atomic E-state index is 12.2. The lowest BCUT2D eigenvalue weighted by Crippen LogP contribution is -2.58. The molecule has 1 atom stereocenters. The van der Waals surface area contributed by atoms with Crippen molar-refractivity contribution in [2.75, 3.05) is 53.5 Å².